The zero-order valence-electron chi connectivity index (χ0n) is 7.38. The molecule has 0 spiro atoms. The Kier molecular flexibility index (Phi) is 4.25. The Labute approximate surface area is 77.5 Å². The minimum atomic E-state index is 0.742. The summed E-state index contributed by atoms with van der Waals surface area (Å²) in [6.07, 6.45) is 0.974. The van der Waals surface area contributed by atoms with Crippen LogP contribution in [0.2, 0.25) is 0 Å². The van der Waals surface area contributed by atoms with Crippen molar-refractivity contribution in [2.45, 2.75) is 19.1 Å². The summed E-state index contributed by atoms with van der Waals surface area (Å²) < 4.78 is 5.52. The summed E-state index contributed by atoms with van der Waals surface area (Å²) in [6.45, 7) is 2.83. The summed E-state index contributed by atoms with van der Waals surface area (Å²) >= 11 is 1.81. The van der Waals surface area contributed by atoms with Gasteiger partial charge >= 0.3 is 0 Å². The molecule has 0 aliphatic carbocycles. The maximum atomic E-state index is 5.52. The molecule has 0 amide bonds. The minimum Gasteiger partial charge on any atom is -0.465 e. The summed E-state index contributed by atoms with van der Waals surface area (Å²) in [6, 6.07) is 4.08. The van der Waals surface area contributed by atoms with Gasteiger partial charge in [0.05, 0.1) is 5.75 Å². The van der Waals surface area contributed by atoms with Gasteiger partial charge in [0, 0.05) is 18.7 Å². The Hall–Kier alpha value is -0.410. The standard InChI is InChI=1S/C9H15NOS/c1-2-8-3-4-9(11-8)7-12-6-5-10/h3-4H,2,5-7,10H2,1H3. The Morgan fingerprint density at radius 2 is 2.17 bits per heavy atom. The molecule has 0 radical (unpaired) electrons. The van der Waals surface area contributed by atoms with Crippen LogP contribution in [0, 0.1) is 0 Å². The Morgan fingerprint density at radius 1 is 1.42 bits per heavy atom. The summed E-state index contributed by atoms with van der Waals surface area (Å²) in [5, 5.41) is 0. The zero-order valence-corrected chi connectivity index (χ0v) is 8.19. The first-order chi connectivity index (χ1) is 5.86. The molecule has 1 aromatic rings. The highest BCUT2D eigenvalue weighted by Crippen LogP contribution is 2.14. The minimum absolute atomic E-state index is 0.742. The van der Waals surface area contributed by atoms with Crippen molar-refractivity contribution in [3.8, 4) is 0 Å². The van der Waals surface area contributed by atoms with Gasteiger partial charge in [-0.3, -0.25) is 0 Å². The Bertz CT molecular complexity index is 222. The molecule has 1 aromatic heterocycles. The summed E-state index contributed by atoms with van der Waals surface area (Å²) in [7, 11) is 0. The molecule has 3 heteroatoms. The smallest absolute Gasteiger partial charge is 0.114 e. The van der Waals surface area contributed by atoms with Crippen LogP contribution in [0.5, 0.6) is 0 Å². The van der Waals surface area contributed by atoms with Crippen molar-refractivity contribution in [1.29, 1.82) is 0 Å². The normalized spacial score (nSPS) is 10.5. The van der Waals surface area contributed by atoms with Gasteiger partial charge in [-0.25, -0.2) is 0 Å². The SMILES string of the molecule is CCc1ccc(CSCCN)o1. The van der Waals surface area contributed by atoms with Crippen molar-refractivity contribution in [1.82, 2.24) is 0 Å². The van der Waals surface area contributed by atoms with Crippen LogP contribution >= 0.6 is 11.8 Å². The molecule has 0 aliphatic rings. The second-order valence-electron chi connectivity index (χ2n) is 2.56. The summed E-state index contributed by atoms with van der Waals surface area (Å²) in [5.74, 6) is 4.07. The molecule has 2 N–H and O–H groups in total. The first-order valence-corrected chi connectivity index (χ1v) is 5.37. The van der Waals surface area contributed by atoms with Gasteiger partial charge in [0.1, 0.15) is 11.5 Å². The molecule has 0 unspecified atom stereocenters. The van der Waals surface area contributed by atoms with Crippen LogP contribution in [0.15, 0.2) is 16.5 Å². The van der Waals surface area contributed by atoms with E-state index < -0.39 is 0 Å². The van der Waals surface area contributed by atoms with E-state index in [-0.39, 0.29) is 0 Å². The molecule has 68 valence electrons. The average Bonchev–Trinajstić information content (AvgIpc) is 2.53. The third-order valence-corrected chi connectivity index (χ3v) is 2.59. The predicted molar refractivity (Wildman–Crippen MR) is 53.3 cm³/mol. The van der Waals surface area contributed by atoms with Crippen molar-refractivity contribution in [3.05, 3.63) is 23.7 Å². The van der Waals surface area contributed by atoms with E-state index in [1.165, 1.54) is 0 Å². The second kappa shape index (κ2) is 5.27. The van der Waals surface area contributed by atoms with Crippen molar-refractivity contribution in [3.63, 3.8) is 0 Å². The third kappa shape index (κ3) is 2.91. The molecule has 0 atom stereocenters. The van der Waals surface area contributed by atoms with E-state index in [1.54, 1.807) is 0 Å². The van der Waals surface area contributed by atoms with Crippen LogP contribution in [0.4, 0.5) is 0 Å². The van der Waals surface area contributed by atoms with Crippen LogP contribution in [-0.2, 0) is 12.2 Å². The number of hydrogen-bond donors (Lipinski definition) is 1. The monoisotopic (exact) mass is 185 g/mol. The first-order valence-electron chi connectivity index (χ1n) is 4.22. The van der Waals surface area contributed by atoms with Gasteiger partial charge in [-0.05, 0) is 12.1 Å². The quantitative estimate of drug-likeness (QED) is 0.713. The molecule has 0 fully saturated rings. The van der Waals surface area contributed by atoms with E-state index >= 15 is 0 Å². The van der Waals surface area contributed by atoms with E-state index in [0.29, 0.717) is 0 Å². The topological polar surface area (TPSA) is 39.2 Å². The van der Waals surface area contributed by atoms with E-state index in [9.17, 15) is 0 Å². The number of rotatable bonds is 5. The van der Waals surface area contributed by atoms with Crippen LogP contribution in [0.25, 0.3) is 0 Å². The molecule has 2 nitrogen and oxygen atoms in total. The number of aryl methyl sites for hydroxylation is 1. The van der Waals surface area contributed by atoms with Crippen LogP contribution < -0.4 is 5.73 Å². The number of furan rings is 1. The Balaban J connectivity index is 2.31. The molecule has 0 saturated carbocycles. The number of hydrogen-bond acceptors (Lipinski definition) is 3. The lowest BCUT2D eigenvalue weighted by atomic mass is 10.4. The summed E-state index contributed by atoms with van der Waals surface area (Å²) in [4.78, 5) is 0. The predicted octanol–water partition coefficient (Wildman–Crippen LogP) is 2.03. The third-order valence-electron chi connectivity index (χ3n) is 1.57. The highest BCUT2D eigenvalue weighted by atomic mass is 32.2. The maximum Gasteiger partial charge on any atom is 0.114 e. The average molecular weight is 185 g/mol. The van der Waals surface area contributed by atoms with Crippen LogP contribution in [-0.4, -0.2) is 12.3 Å². The molecule has 12 heavy (non-hydrogen) atoms. The molecule has 1 heterocycles. The molecule has 1 rings (SSSR count). The van der Waals surface area contributed by atoms with Gasteiger partial charge < -0.3 is 10.2 Å². The van der Waals surface area contributed by atoms with Gasteiger partial charge in [-0.15, -0.1) is 0 Å². The molecule has 0 saturated heterocycles. The van der Waals surface area contributed by atoms with Gasteiger partial charge in [0.25, 0.3) is 0 Å². The fourth-order valence-electron chi connectivity index (χ4n) is 0.946. The Morgan fingerprint density at radius 3 is 2.75 bits per heavy atom. The summed E-state index contributed by atoms with van der Waals surface area (Å²) in [5.41, 5.74) is 5.37. The lowest BCUT2D eigenvalue weighted by molar-refractivity contribution is 0.485. The van der Waals surface area contributed by atoms with Crippen molar-refractivity contribution >= 4 is 11.8 Å². The lowest BCUT2D eigenvalue weighted by Crippen LogP contribution is -2.01. The molecule has 0 aliphatic heterocycles. The van der Waals surface area contributed by atoms with Crippen LogP contribution in [0.1, 0.15) is 18.4 Å². The van der Waals surface area contributed by atoms with Crippen molar-refractivity contribution in [2.75, 3.05) is 12.3 Å². The van der Waals surface area contributed by atoms with E-state index in [0.717, 1.165) is 36.0 Å². The van der Waals surface area contributed by atoms with E-state index in [1.807, 2.05) is 23.9 Å². The van der Waals surface area contributed by atoms with E-state index in [2.05, 4.69) is 6.92 Å². The number of nitrogens with two attached hydrogens (primary N) is 1. The largest absolute Gasteiger partial charge is 0.465 e. The molecular weight excluding hydrogens is 170 g/mol. The lowest BCUT2D eigenvalue weighted by Gasteiger charge is -1.95. The molecule has 0 bridgehead atoms. The fraction of sp³-hybridized carbons (Fsp3) is 0.556. The molecular formula is C9H15NOS. The molecule has 0 aromatic carbocycles. The zero-order chi connectivity index (χ0) is 8.81. The van der Waals surface area contributed by atoms with Crippen molar-refractivity contribution in [2.24, 2.45) is 5.73 Å². The second-order valence-corrected chi connectivity index (χ2v) is 3.67. The fourth-order valence-corrected chi connectivity index (χ4v) is 1.61. The highest BCUT2D eigenvalue weighted by Gasteiger charge is 1.99. The van der Waals surface area contributed by atoms with E-state index in [4.69, 9.17) is 10.2 Å². The number of thioether (sulfide) groups is 1. The van der Waals surface area contributed by atoms with Crippen molar-refractivity contribution < 1.29 is 4.42 Å². The van der Waals surface area contributed by atoms with Gasteiger partial charge in [-0.2, -0.15) is 11.8 Å². The first kappa shape index (κ1) is 9.68. The van der Waals surface area contributed by atoms with Gasteiger partial charge in [0.2, 0.25) is 0 Å². The van der Waals surface area contributed by atoms with Gasteiger partial charge in [0.15, 0.2) is 0 Å². The van der Waals surface area contributed by atoms with Crippen LogP contribution in [0.3, 0.4) is 0 Å². The van der Waals surface area contributed by atoms with Gasteiger partial charge in [-0.1, -0.05) is 6.92 Å². The maximum absolute atomic E-state index is 5.52. The highest BCUT2D eigenvalue weighted by molar-refractivity contribution is 7.98.